The molecule has 0 unspecified atom stereocenters. The van der Waals surface area contributed by atoms with Crippen LogP contribution in [0.1, 0.15) is 20.8 Å². The van der Waals surface area contributed by atoms with Crippen LogP contribution in [0.2, 0.25) is 5.02 Å². The van der Waals surface area contributed by atoms with Crippen LogP contribution in [0, 0.1) is 6.92 Å². The number of hydrogen-bond donors (Lipinski definition) is 1. The Bertz CT molecular complexity index is 527. The molecule has 2 rings (SSSR count). The van der Waals surface area contributed by atoms with Gasteiger partial charge in [-0.1, -0.05) is 17.7 Å². The van der Waals surface area contributed by atoms with Crippen LogP contribution in [0.5, 0.6) is 0 Å². The zero-order valence-electron chi connectivity index (χ0n) is 8.66. The first-order valence-electron chi connectivity index (χ1n) is 4.74. The summed E-state index contributed by atoms with van der Waals surface area (Å²) in [5, 5.41) is 2.29. The van der Waals surface area contributed by atoms with Gasteiger partial charge in [0.25, 0.3) is 0 Å². The van der Waals surface area contributed by atoms with Crippen molar-refractivity contribution in [3.05, 3.63) is 50.7 Å². The standard InChI is InChI=1S/C12H10ClNOS/c1-7-5-6-16-12(7)11(15)10-8(13)3-2-4-9(10)14/h2-6H,14H2,1H3. The van der Waals surface area contributed by atoms with E-state index in [2.05, 4.69) is 0 Å². The molecule has 4 heteroatoms. The number of benzene rings is 1. The quantitative estimate of drug-likeness (QED) is 0.656. The van der Waals surface area contributed by atoms with Gasteiger partial charge in [-0.15, -0.1) is 11.3 Å². The van der Waals surface area contributed by atoms with Crippen molar-refractivity contribution in [2.45, 2.75) is 6.92 Å². The predicted octanol–water partition coefficient (Wildman–Crippen LogP) is 3.52. The molecule has 0 spiro atoms. The SMILES string of the molecule is Cc1ccsc1C(=O)c1c(N)cccc1Cl. The average Bonchev–Trinajstić information content (AvgIpc) is 2.64. The molecular weight excluding hydrogens is 242 g/mol. The van der Waals surface area contributed by atoms with Gasteiger partial charge < -0.3 is 5.73 Å². The Morgan fingerprint density at radius 2 is 2.12 bits per heavy atom. The molecule has 82 valence electrons. The van der Waals surface area contributed by atoms with E-state index in [1.165, 1.54) is 11.3 Å². The molecule has 2 aromatic rings. The van der Waals surface area contributed by atoms with Gasteiger partial charge in [-0.25, -0.2) is 0 Å². The molecule has 0 aliphatic heterocycles. The smallest absolute Gasteiger partial charge is 0.206 e. The highest BCUT2D eigenvalue weighted by atomic mass is 35.5. The van der Waals surface area contributed by atoms with E-state index in [1.807, 2.05) is 18.4 Å². The van der Waals surface area contributed by atoms with E-state index in [-0.39, 0.29) is 5.78 Å². The van der Waals surface area contributed by atoms with Crippen LogP contribution >= 0.6 is 22.9 Å². The number of carbonyl (C=O) groups excluding carboxylic acids is 1. The molecule has 0 radical (unpaired) electrons. The monoisotopic (exact) mass is 251 g/mol. The van der Waals surface area contributed by atoms with Crippen molar-refractivity contribution in [3.8, 4) is 0 Å². The molecule has 1 aromatic carbocycles. The van der Waals surface area contributed by atoms with E-state index < -0.39 is 0 Å². The van der Waals surface area contributed by atoms with Crippen LogP contribution in [-0.2, 0) is 0 Å². The third-order valence-corrected chi connectivity index (χ3v) is 3.67. The van der Waals surface area contributed by atoms with Gasteiger partial charge in [-0.05, 0) is 36.1 Å². The number of hydrogen-bond acceptors (Lipinski definition) is 3. The molecule has 0 amide bonds. The van der Waals surface area contributed by atoms with Crippen molar-refractivity contribution in [2.75, 3.05) is 5.73 Å². The molecule has 0 bridgehead atoms. The van der Waals surface area contributed by atoms with Crippen molar-refractivity contribution in [1.82, 2.24) is 0 Å². The minimum atomic E-state index is -0.101. The molecule has 0 saturated carbocycles. The fraction of sp³-hybridized carbons (Fsp3) is 0.0833. The van der Waals surface area contributed by atoms with Gasteiger partial charge in [0, 0.05) is 5.69 Å². The van der Waals surface area contributed by atoms with Gasteiger partial charge in [0.15, 0.2) is 0 Å². The normalized spacial score (nSPS) is 10.4. The van der Waals surface area contributed by atoms with Gasteiger partial charge in [-0.3, -0.25) is 4.79 Å². The predicted molar refractivity (Wildman–Crippen MR) is 68.4 cm³/mol. The maximum Gasteiger partial charge on any atom is 0.206 e. The Morgan fingerprint density at radius 3 is 2.69 bits per heavy atom. The second-order valence-electron chi connectivity index (χ2n) is 3.47. The number of anilines is 1. The Morgan fingerprint density at radius 1 is 1.38 bits per heavy atom. The number of aryl methyl sites for hydroxylation is 1. The first-order valence-corrected chi connectivity index (χ1v) is 6.00. The fourth-order valence-electron chi connectivity index (χ4n) is 1.50. The summed E-state index contributed by atoms with van der Waals surface area (Å²) in [5.41, 5.74) is 7.55. The van der Waals surface area contributed by atoms with Crippen molar-refractivity contribution < 1.29 is 4.79 Å². The van der Waals surface area contributed by atoms with E-state index in [0.717, 1.165) is 5.56 Å². The van der Waals surface area contributed by atoms with Gasteiger partial charge in [0.2, 0.25) is 5.78 Å². The zero-order chi connectivity index (χ0) is 11.7. The van der Waals surface area contributed by atoms with Crippen LogP contribution < -0.4 is 5.73 Å². The zero-order valence-corrected chi connectivity index (χ0v) is 10.2. The van der Waals surface area contributed by atoms with Crippen LogP contribution in [0.4, 0.5) is 5.69 Å². The Balaban J connectivity index is 2.54. The van der Waals surface area contributed by atoms with Crippen LogP contribution in [0.25, 0.3) is 0 Å². The summed E-state index contributed by atoms with van der Waals surface area (Å²) in [6.45, 7) is 1.90. The Hall–Kier alpha value is -1.32. The lowest BCUT2D eigenvalue weighted by molar-refractivity contribution is 0.104. The van der Waals surface area contributed by atoms with Gasteiger partial charge >= 0.3 is 0 Å². The summed E-state index contributed by atoms with van der Waals surface area (Å²) in [6, 6.07) is 7.00. The summed E-state index contributed by atoms with van der Waals surface area (Å²) < 4.78 is 0. The van der Waals surface area contributed by atoms with Crippen LogP contribution in [0.15, 0.2) is 29.6 Å². The second kappa shape index (κ2) is 4.28. The highest BCUT2D eigenvalue weighted by Crippen LogP contribution is 2.28. The molecule has 0 saturated heterocycles. The molecule has 0 atom stereocenters. The third kappa shape index (κ3) is 1.84. The third-order valence-electron chi connectivity index (χ3n) is 2.34. The van der Waals surface area contributed by atoms with E-state index in [1.54, 1.807) is 18.2 Å². The molecule has 1 aromatic heterocycles. The molecule has 16 heavy (non-hydrogen) atoms. The maximum atomic E-state index is 12.2. The number of carbonyl (C=O) groups is 1. The Kier molecular flexibility index (Phi) is 2.99. The lowest BCUT2D eigenvalue weighted by Gasteiger charge is -2.06. The highest BCUT2D eigenvalue weighted by Gasteiger charge is 2.18. The van der Waals surface area contributed by atoms with Gasteiger partial charge in [0.1, 0.15) is 0 Å². The lowest BCUT2D eigenvalue weighted by Crippen LogP contribution is -2.05. The molecule has 2 N–H and O–H groups in total. The van der Waals surface area contributed by atoms with Crippen LogP contribution in [0.3, 0.4) is 0 Å². The van der Waals surface area contributed by atoms with Crippen molar-refractivity contribution in [1.29, 1.82) is 0 Å². The average molecular weight is 252 g/mol. The maximum absolute atomic E-state index is 12.2. The molecular formula is C12H10ClNOS. The first-order chi connectivity index (χ1) is 7.61. The number of rotatable bonds is 2. The number of nitrogen functional groups attached to an aromatic ring is 1. The van der Waals surface area contributed by atoms with Gasteiger partial charge in [0.05, 0.1) is 15.5 Å². The molecule has 0 fully saturated rings. The van der Waals surface area contributed by atoms with Crippen molar-refractivity contribution >= 4 is 34.4 Å². The molecule has 2 nitrogen and oxygen atoms in total. The van der Waals surface area contributed by atoms with Crippen molar-refractivity contribution in [2.24, 2.45) is 0 Å². The van der Waals surface area contributed by atoms with E-state index in [4.69, 9.17) is 17.3 Å². The van der Waals surface area contributed by atoms with E-state index >= 15 is 0 Å². The molecule has 0 aliphatic rings. The summed E-state index contributed by atoms with van der Waals surface area (Å²) in [4.78, 5) is 12.9. The number of halogens is 1. The van der Waals surface area contributed by atoms with Gasteiger partial charge in [-0.2, -0.15) is 0 Å². The topological polar surface area (TPSA) is 43.1 Å². The van der Waals surface area contributed by atoms with Crippen LogP contribution in [-0.4, -0.2) is 5.78 Å². The lowest BCUT2D eigenvalue weighted by atomic mass is 10.1. The van der Waals surface area contributed by atoms with E-state index in [9.17, 15) is 4.79 Å². The highest BCUT2D eigenvalue weighted by molar-refractivity contribution is 7.12. The summed E-state index contributed by atoms with van der Waals surface area (Å²) in [5.74, 6) is -0.101. The second-order valence-corrected chi connectivity index (χ2v) is 4.79. The summed E-state index contributed by atoms with van der Waals surface area (Å²) in [6.07, 6.45) is 0. The summed E-state index contributed by atoms with van der Waals surface area (Å²) >= 11 is 7.40. The fourth-order valence-corrected chi connectivity index (χ4v) is 2.64. The van der Waals surface area contributed by atoms with E-state index in [0.29, 0.717) is 21.2 Å². The molecule has 0 aliphatic carbocycles. The minimum absolute atomic E-state index is 0.101. The summed E-state index contributed by atoms with van der Waals surface area (Å²) in [7, 11) is 0. The number of nitrogens with two attached hydrogens (primary N) is 1. The number of ketones is 1. The molecule has 1 heterocycles. The number of thiophene rings is 1. The first kappa shape index (κ1) is 11.2. The minimum Gasteiger partial charge on any atom is -0.398 e. The largest absolute Gasteiger partial charge is 0.398 e. The van der Waals surface area contributed by atoms with Crippen molar-refractivity contribution in [3.63, 3.8) is 0 Å². The Labute approximate surface area is 103 Å².